The highest BCUT2D eigenvalue weighted by atomic mass is 16.5. The molecule has 1 aliphatic carbocycles. The molecule has 0 aromatic heterocycles. The number of aliphatic hydroxyl groups is 1. The summed E-state index contributed by atoms with van der Waals surface area (Å²) in [4.78, 5) is 11.3. The van der Waals surface area contributed by atoms with Crippen molar-refractivity contribution in [2.45, 2.75) is 24.8 Å². The summed E-state index contributed by atoms with van der Waals surface area (Å²) < 4.78 is 5.60. The predicted octanol–water partition coefficient (Wildman–Crippen LogP) is 0.792. The van der Waals surface area contributed by atoms with E-state index in [0.29, 0.717) is 12.2 Å². The van der Waals surface area contributed by atoms with Gasteiger partial charge in [0, 0.05) is 6.61 Å². The fraction of sp³-hybridized carbons (Fsp3) is 0.500. The van der Waals surface area contributed by atoms with Crippen LogP contribution in [0.1, 0.15) is 18.4 Å². The molecule has 0 saturated heterocycles. The number of benzene rings is 1. The Kier molecular flexibility index (Phi) is 4.07. The van der Waals surface area contributed by atoms with Crippen LogP contribution in [0.3, 0.4) is 0 Å². The molecule has 1 unspecified atom stereocenters. The van der Waals surface area contributed by atoms with Gasteiger partial charge in [0.15, 0.2) is 5.54 Å². The van der Waals surface area contributed by atoms with Crippen LogP contribution in [0.15, 0.2) is 24.3 Å². The molecule has 5 nitrogen and oxygen atoms in total. The van der Waals surface area contributed by atoms with E-state index >= 15 is 0 Å². The van der Waals surface area contributed by atoms with E-state index in [4.69, 9.17) is 15.6 Å². The zero-order chi connectivity index (χ0) is 13.9. The Bertz CT molecular complexity index is 459. The second kappa shape index (κ2) is 5.59. The minimum atomic E-state index is -1.31. The van der Waals surface area contributed by atoms with Gasteiger partial charge in [-0.1, -0.05) is 18.2 Å². The van der Waals surface area contributed by atoms with Crippen LogP contribution in [0.25, 0.3) is 0 Å². The van der Waals surface area contributed by atoms with Crippen LogP contribution in [0.2, 0.25) is 0 Å². The summed E-state index contributed by atoms with van der Waals surface area (Å²) in [7, 11) is 0. The smallest absolute Gasteiger partial charge is 0.327 e. The van der Waals surface area contributed by atoms with Gasteiger partial charge < -0.3 is 20.7 Å². The van der Waals surface area contributed by atoms with Gasteiger partial charge in [0.25, 0.3) is 0 Å². The summed E-state index contributed by atoms with van der Waals surface area (Å²) in [5, 5.41) is 18.2. The van der Waals surface area contributed by atoms with Crippen molar-refractivity contribution in [3.05, 3.63) is 29.8 Å². The van der Waals surface area contributed by atoms with E-state index in [2.05, 4.69) is 0 Å². The second-order valence-electron chi connectivity index (χ2n) is 4.99. The van der Waals surface area contributed by atoms with E-state index in [1.54, 1.807) is 6.07 Å². The lowest BCUT2D eigenvalue weighted by molar-refractivity contribution is -0.145. The topological polar surface area (TPSA) is 92.8 Å². The molecule has 0 bridgehead atoms. The third-order valence-corrected chi connectivity index (χ3v) is 3.52. The lowest BCUT2D eigenvalue weighted by atomic mass is 9.96. The van der Waals surface area contributed by atoms with Crippen molar-refractivity contribution in [1.29, 1.82) is 0 Å². The summed E-state index contributed by atoms with van der Waals surface area (Å²) in [6.45, 7) is -0.0227. The highest BCUT2D eigenvalue weighted by molar-refractivity contribution is 5.79. The first-order chi connectivity index (χ1) is 9.08. The Morgan fingerprint density at radius 1 is 1.42 bits per heavy atom. The van der Waals surface area contributed by atoms with Crippen molar-refractivity contribution < 1.29 is 19.7 Å². The molecule has 1 aromatic rings. The summed E-state index contributed by atoms with van der Waals surface area (Å²) in [5.74, 6) is -0.432. The van der Waals surface area contributed by atoms with Crippen LogP contribution in [0.4, 0.5) is 0 Å². The molecule has 5 heteroatoms. The molecule has 1 aromatic carbocycles. The molecule has 1 fully saturated rings. The van der Waals surface area contributed by atoms with Crippen molar-refractivity contribution in [1.82, 2.24) is 0 Å². The molecule has 104 valence electrons. The first kappa shape index (κ1) is 13.8. The molecule has 4 N–H and O–H groups in total. The number of carboxylic acids is 1. The van der Waals surface area contributed by atoms with Crippen LogP contribution in [-0.4, -0.2) is 34.9 Å². The Hall–Kier alpha value is -1.59. The van der Waals surface area contributed by atoms with E-state index in [-0.39, 0.29) is 19.1 Å². The van der Waals surface area contributed by atoms with Crippen molar-refractivity contribution in [3.63, 3.8) is 0 Å². The normalized spacial score (nSPS) is 17.8. The Morgan fingerprint density at radius 2 is 2.11 bits per heavy atom. The van der Waals surface area contributed by atoms with Gasteiger partial charge in [-0.25, -0.2) is 0 Å². The fourth-order valence-electron chi connectivity index (χ4n) is 2.12. The Labute approximate surface area is 112 Å². The summed E-state index contributed by atoms with van der Waals surface area (Å²) in [6, 6.07) is 7.28. The molecule has 0 spiro atoms. The van der Waals surface area contributed by atoms with Crippen LogP contribution < -0.4 is 10.5 Å². The first-order valence-corrected chi connectivity index (χ1v) is 6.42. The first-order valence-electron chi connectivity index (χ1n) is 6.42. The van der Waals surface area contributed by atoms with E-state index in [1.165, 1.54) is 0 Å². The quantitative estimate of drug-likeness (QED) is 0.678. The number of nitrogens with two attached hydrogens (primary N) is 1. The molecule has 0 aliphatic heterocycles. The average Bonchev–Trinajstić information content (AvgIpc) is 3.22. The highest BCUT2D eigenvalue weighted by Gasteiger charge is 2.49. The van der Waals surface area contributed by atoms with Crippen LogP contribution in [0, 0.1) is 5.92 Å². The molecule has 1 saturated carbocycles. The average molecular weight is 265 g/mol. The zero-order valence-electron chi connectivity index (χ0n) is 10.7. The monoisotopic (exact) mass is 265 g/mol. The molecule has 1 atom stereocenters. The van der Waals surface area contributed by atoms with Gasteiger partial charge >= 0.3 is 5.97 Å². The molecule has 1 aliphatic rings. The van der Waals surface area contributed by atoms with E-state index in [9.17, 15) is 9.90 Å². The molecule has 2 rings (SSSR count). The maximum absolute atomic E-state index is 11.3. The van der Waals surface area contributed by atoms with Gasteiger partial charge in [-0.05, 0) is 36.8 Å². The third kappa shape index (κ3) is 3.05. The lowest BCUT2D eigenvalue weighted by Gasteiger charge is -2.25. The maximum Gasteiger partial charge on any atom is 0.327 e. The number of para-hydroxylation sites is 1. The number of carbonyl (C=O) groups is 1. The van der Waals surface area contributed by atoms with Crippen molar-refractivity contribution >= 4 is 5.97 Å². The van der Waals surface area contributed by atoms with Crippen molar-refractivity contribution in [3.8, 4) is 5.75 Å². The van der Waals surface area contributed by atoms with Gasteiger partial charge in [0.1, 0.15) is 12.4 Å². The summed E-state index contributed by atoms with van der Waals surface area (Å²) >= 11 is 0. The molecule has 0 amide bonds. The van der Waals surface area contributed by atoms with Crippen LogP contribution in [-0.2, 0) is 11.2 Å². The van der Waals surface area contributed by atoms with Gasteiger partial charge in [0.2, 0.25) is 0 Å². The van der Waals surface area contributed by atoms with E-state index < -0.39 is 11.5 Å². The number of hydrogen-bond acceptors (Lipinski definition) is 4. The zero-order valence-corrected chi connectivity index (χ0v) is 10.7. The summed E-state index contributed by atoms with van der Waals surface area (Å²) in [5.41, 5.74) is 5.49. The molecule has 19 heavy (non-hydrogen) atoms. The number of carboxylic acid groups (broad SMARTS) is 1. The maximum atomic E-state index is 11.3. The number of aliphatic hydroxyl groups excluding tert-OH is 1. The highest BCUT2D eigenvalue weighted by Crippen LogP contribution is 2.39. The number of hydrogen-bond donors (Lipinski definition) is 3. The largest absolute Gasteiger partial charge is 0.491 e. The number of rotatable bonds is 7. The predicted molar refractivity (Wildman–Crippen MR) is 70.0 cm³/mol. The number of aliphatic carboxylic acids is 1. The molecule has 0 heterocycles. The minimum absolute atomic E-state index is 0.00463. The van der Waals surface area contributed by atoms with Gasteiger partial charge in [0.05, 0.1) is 0 Å². The second-order valence-corrected chi connectivity index (χ2v) is 4.99. The summed E-state index contributed by atoms with van der Waals surface area (Å²) in [6.07, 6.45) is 2.15. The molecule has 0 radical (unpaired) electrons. The van der Waals surface area contributed by atoms with Gasteiger partial charge in [-0.2, -0.15) is 0 Å². The SMILES string of the molecule is NC(COc1ccccc1CCO)(C(=O)O)C1CC1. The Balaban J connectivity index is 2.07. The van der Waals surface area contributed by atoms with Crippen molar-refractivity contribution in [2.75, 3.05) is 13.2 Å². The van der Waals surface area contributed by atoms with Gasteiger partial charge in [-0.15, -0.1) is 0 Å². The fourth-order valence-corrected chi connectivity index (χ4v) is 2.12. The van der Waals surface area contributed by atoms with Gasteiger partial charge in [-0.3, -0.25) is 4.79 Å². The third-order valence-electron chi connectivity index (χ3n) is 3.52. The lowest BCUT2D eigenvalue weighted by Crippen LogP contribution is -2.54. The van der Waals surface area contributed by atoms with E-state index in [1.807, 2.05) is 18.2 Å². The number of ether oxygens (including phenoxy) is 1. The van der Waals surface area contributed by atoms with Crippen molar-refractivity contribution in [2.24, 2.45) is 11.7 Å². The molecular weight excluding hydrogens is 246 g/mol. The van der Waals surface area contributed by atoms with Crippen LogP contribution in [0.5, 0.6) is 5.75 Å². The van der Waals surface area contributed by atoms with E-state index in [0.717, 1.165) is 18.4 Å². The molecular formula is C14H19NO4. The Morgan fingerprint density at radius 3 is 2.68 bits per heavy atom. The minimum Gasteiger partial charge on any atom is -0.491 e. The standard InChI is InChI=1S/C14H19NO4/c15-14(13(17)18,11-5-6-11)9-19-12-4-2-1-3-10(12)7-8-16/h1-4,11,16H,5-9,15H2,(H,17,18). The van der Waals surface area contributed by atoms with Crippen LogP contribution >= 0.6 is 0 Å².